The van der Waals surface area contributed by atoms with Gasteiger partial charge in [0.25, 0.3) is 0 Å². The normalized spacial score (nSPS) is 37.8. The SMILES string of the molecule is Cc1ccc(O)c2c1CC[C@@H]1[C@H]2CC[C@]2(C)C(=O)CC[C@@H]12. The van der Waals surface area contributed by atoms with Crippen LogP contribution in [0.15, 0.2) is 12.1 Å². The molecule has 0 saturated heterocycles. The average molecular weight is 284 g/mol. The number of hydrogen-bond donors (Lipinski definition) is 1. The first-order chi connectivity index (χ1) is 10.0. The minimum atomic E-state index is -0.0713. The van der Waals surface area contributed by atoms with E-state index in [0.29, 0.717) is 29.3 Å². The number of phenolic OH excluding ortho intramolecular Hbond substituents is 1. The number of rotatable bonds is 0. The van der Waals surface area contributed by atoms with Crippen LogP contribution in [-0.4, -0.2) is 10.9 Å². The van der Waals surface area contributed by atoms with Crippen molar-refractivity contribution in [3.8, 4) is 5.75 Å². The van der Waals surface area contributed by atoms with Gasteiger partial charge in [0.05, 0.1) is 0 Å². The van der Waals surface area contributed by atoms with Gasteiger partial charge in [0, 0.05) is 17.4 Å². The molecule has 2 fully saturated rings. The van der Waals surface area contributed by atoms with Gasteiger partial charge in [-0.3, -0.25) is 4.79 Å². The minimum Gasteiger partial charge on any atom is -0.508 e. The highest BCUT2D eigenvalue weighted by molar-refractivity contribution is 5.87. The van der Waals surface area contributed by atoms with Gasteiger partial charge in [0.15, 0.2) is 0 Å². The molecule has 4 rings (SSSR count). The van der Waals surface area contributed by atoms with E-state index in [0.717, 1.165) is 32.1 Å². The quantitative estimate of drug-likeness (QED) is 0.778. The molecule has 0 spiro atoms. The van der Waals surface area contributed by atoms with Crippen molar-refractivity contribution in [3.05, 3.63) is 28.8 Å². The Bertz CT molecular complexity index is 618. The van der Waals surface area contributed by atoms with Crippen molar-refractivity contribution in [1.29, 1.82) is 0 Å². The summed E-state index contributed by atoms with van der Waals surface area (Å²) in [6.07, 6.45) is 6.17. The first kappa shape index (κ1) is 13.4. The second-order valence-electron chi connectivity index (χ2n) is 7.63. The molecular weight excluding hydrogens is 260 g/mol. The summed E-state index contributed by atoms with van der Waals surface area (Å²) in [6, 6.07) is 3.91. The summed E-state index contributed by atoms with van der Waals surface area (Å²) in [6.45, 7) is 4.36. The van der Waals surface area contributed by atoms with Crippen molar-refractivity contribution in [3.63, 3.8) is 0 Å². The van der Waals surface area contributed by atoms with Gasteiger partial charge in [-0.25, -0.2) is 0 Å². The summed E-state index contributed by atoms with van der Waals surface area (Å²) in [7, 11) is 0. The molecule has 21 heavy (non-hydrogen) atoms. The van der Waals surface area contributed by atoms with E-state index in [1.807, 2.05) is 12.1 Å². The van der Waals surface area contributed by atoms with E-state index in [-0.39, 0.29) is 5.41 Å². The zero-order valence-electron chi connectivity index (χ0n) is 13.0. The molecule has 1 N–H and O–H groups in total. The lowest BCUT2D eigenvalue weighted by molar-refractivity contribution is -0.129. The number of carbonyl (C=O) groups is 1. The molecule has 1 aromatic carbocycles. The molecule has 0 radical (unpaired) electrons. The van der Waals surface area contributed by atoms with Crippen molar-refractivity contribution in [2.75, 3.05) is 0 Å². The molecule has 3 aliphatic rings. The lowest BCUT2D eigenvalue weighted by Crippen LogP contribution is -2.42. The summed E-state index contributed by atoms with van der Waals surface area (Å²) in [4.78, 5) is 12.3. The lowest BCUT2D eigenvalue weighted by atomic mass is 9.55. The Hall–Kier alpha value is -1.31. The second kappa shape index (κ2) is 4.34. The highest BCUT2D eigenvalue weighted by atomic mass is 16.3. The van der Waals surface area contributed by atoms with Gasteiger partial charge in [0.2, 0.25) is 0 Å². The molecule has 2 nitrogen and oxygen atoms in total. The highest BCUT2D eigenvalue weighted by Crippen LogP contribution is 2.60. The number of aryl methyl sites for hydroxylation is 1. The predicted octanol–water partition coefficient (Wildman–Crippen LogP) is 4.13. The summed E-state index contributed by atoms with van der Waals surface area (Å²) in [5, 5.41) is 10.4. The number of benzene rings is 1. The molecule has 4 atom stereocenters. The van der Waals surface area contributed by atoms with E-state index in [1.54, 1.807) is 0 Å². The van der Waals surface area contributed by atoms with E-state index < -0.39 is 0 Å². The Labute approximate surface area is 126 Å². The highest BCUT2D eigenvalue weighted by Gasteiger charge is 2.54. The van der Waals surface area contributed by atoms with Crippen molar-refractivity contribution in [2.45, 2.75) is 58.3 Å². The number of phenols is 1. The van der Waals surface area contributed by atoms with Gasteiger partial charge in [0.1, 0.15) is 11.5 Å². The molecule has 0 heterocycles. The van der Waals surface area contributed by atoms with E-state index >= 15 is 0 Å². The average Bonchev–Trinajstić information content (AvgIpc) is 2.78. The third-order valence-electron chi connectivity index (χ3n) is 6.81. The van der Waals surface area contributed by atoms with E-state index in [4.69, 9.17) is 0 Å². The maximum Gasteiger partial charge on any atom is 0.139 e. The molecule has 2 heteroatoms. The minimum absolute atomic E-state index is 0.0713. The number of fused-ring (bicyclic) bond motifs is 5. The van der Waals surface area contributed by atoms with Crippen LogP contribution >= 0.6 is 0 Å². The fourth-order valence-corrected chi connectivity index (χ4v) is 5.64. The van der Waals surface area contributed by atoms with Crippen LogP contribution in [0.3, 0.4) is 0 Å². The number of ketones is 1. The predicted molar refractivity (Wildman–Crippen MR) is 82.5 cm³/mol. The fraction of sp³-hybridized carbons (Fsp3) is 0.632. The van der Waals surface area contributed by atoms with E-state index in [2.05, 4.69) is 13.8 Å². The van der Waals surface area contributed by atoms with Crippen LogP contribution in [-0.2, 0) is 11.2 Å². The third kappa shape index (κ3) is 1.68. The molecule has 0 aromatic heterocycles. The van der Waals surface area contributed by atoms with Crippen LogP contribution in [0.25, 0.3) is 0 Å². The Balaban J connectivity index is 1.79. The smallest absolute Gasteiger partial charge is 0.139 e. The number of hydrogen-bond acceptors (Lipinski definition) is 2. The molecule has 3 aliphatic carbocycles. The maximum atomic E-state index is 12.3. The van der Waals surface area contributed by atoms with Crippen LogP contribution in [0, 0.1) is 24.2 Å². The molecule has 112 valence electrons. The van der Waals surface area contributed by atoms with E-state index in [9.17, 15) is 9.90 Å². The van der Waals surface area contributed by atoms with Gasteiger partial charge >= 0.3 is 0 Å². The molecule has 0 aliphatic heterocycles. The van der Waals surface area contributed by atoms with Crippen LogP contribution < -0.4 is 0 Å². The number of Topliss-reactive ketones (excluding diaryl/α,β-unsaturated/α-hetero) is 1. The summed E-state index contributed by atoms with van der Waals surface area (Å²) >= 11 is 0. The summed E-state index contributed by atoms with van der Waals surface area (Å²) in [5.74, 6) is 2.58. The zero-order valence-corrected chi connectivity index (χ0v) is 13.0. The molecule has 0 bridgehead atoms. The van der Waals surface area contributed by atoms with Crippen LogP contribution in [0.1, 0.15) is 61.6 Å². The summed E-state index contributed by atoms with van der Waals surface area (Å²) < 4.78 is 0. The van der Waals surface area contributed by atoms with Gasteiger partial charge in [-0.2, -0.15) is 0 Å². The molecule has 0 unspecified atom stereocenters. The molecule has 2 saturated carbocycles. The van der Waals surface area contributed by atoms with Gasteiger partial charge < -0.3 is 5.11 Å². The first-order valence-corrected chi connectivity index (χ1v) is 8.37. The van der Waals surface area contributed by atoms with Crippen LogP contribution in [0.5, 0.6) is 5.75 Å². The van der Waals surface area contributed by atoms with Gasteiger partial charge in [-0.15, -0.1) is 0 Å². The first-order valence-electron chi connectivity index (χ1n) is 8.37. The van der Waals surface area contributed by atoms with Gasteiger partial charge in [-0.05, 0) is 74.0 Å². The lowest BCUT2D eigenvalue weighted by Gasteiger charge is -2.48. The Morgan fingerprint density at radius 1 is 1.19 bits per heavy atom. The summed E-state index contributed by atoms with van der Waals surface area (Å²) in [5.41, 5.74) is 3.84. The van der Waals surface area contributed by atoms with Gasteiger partial charge in [-0.1, -0.05) is 13.0 Å². The standard InChI is InChI=1S/C19H24O2/c1-11-3-7-16(20)18-12(11)4-5-13-14(18)9-10-19(2)15(13)6-8-17(19)21/h3,7,13-15,20H,4-6,8-10H2,1-2H3/t13-,14-,15+,19+/m1/s1. The van der Waals surface area contributed by atoms with Crippen LogP contribution in [0.4, 0.5) is 0 Å². The topological polar surface area (TPSA) is 37.3 Å². The van der Waals surface area contributed by atoms with Crippen molar-refractivity contribution >= 4 is 5.78 Å². The van der Waals surface area contributed by atoms with Crippen molar-refractivity contribution < 1.29 is 9.90 Å². The fourth-order valence-electron chi connectivity index (χ4n) is 5.64. The third-order valence-corrected chi connectivity index (χ3v) is 6.81. The van der Waals surface area contributed by atoms with E-state index in [1.165, 1.54) is 23.1 Å². The monoisotopic (exact) mass is 284 g/mol. The molecule has 1 aromatic rings. The number of carbonyl (C=O) groups excluding carboxylic acids is 1. The maximum absolute atomic E-state index is 12.3. The largest absolute Gasteiger partial charge is 0.508 e. The van der Waals surface area contributed by atoms with Crippen molar-refractivity contribution in [1.82, 2.24) is 0 Å². The molecule has 0 amide bonds. The van der Waals surface area contributed by atoms with Crippen LogP contribution in [0.2, 0.25) is 0 Å². The number of aromatic hydroxyl groups is 1. The Morgan fingerprint density at radius 3 is 2.81 bits per heavy atom. The zero-order chi connectivity index (χ0) is 14.8. The second-order valence-corrected chi connectivity index (χ2v) is 7.63. The Morgan fingerprint density at radius 2 is 2.00 bits per heavy atom. The molecular formula is C19H24O2. The Kier molecular flexibility index (Phi) is 2.76. The van der Waals surface area contributed by atoms with Crippen molar-refractivity contribution in [2.24, 2.45) is 17.3 Å².